The number of nitrogens with one attached hydrogen (secondary N) is 2. The molecule has 3 aromatic rings. The summed E-state index contributed by atoms with van der Waals surface area (Å²) in [7, 11) is 0. The average molecular weight is 441 g/mol. The van der Waals surface area contributed by atoms with Gasteiger partial charge in [0.25, 0.3) is 11.5 Å². The first-order chi connectivity index (χ1) is 15.9. The average Bonchev–Trinajstić information content (AvgIpc) is 3.20. The van der Waals surface area contributed by atoms with Crippen LogP contribution in [0.4, 0.5) is 5.69 Å². The van der Waals surface area contributed by atoms with Crippen LogP contribution in [-0.4, -0.2) is 16.4 Å². The third-order valence-corrected chi connectivity index (χ3v) is 5.99. The maximum absolute atomic E-state index is 12.7. The zero-order chi connectivity index (χ0) is 23.5. The zero-order valence-electron chi connectivity index (χ0n) is 18.5. The first kappa shape index (κ1) is 22.0. The number of aromatic nitrogens is 1. The van der Waals surface area contributed by atoms with Crippen molar-refractivity contribution in [1.29, 1.82) is 5.26 Å². The van der Waals surface area contributed by atoms with Crippen molar-refractivity contribution < 1.29 is 9.59 Å². The van der Waals surface area contributed by atoms with Gasteiger partial charge in [0.15, 0.2) is 0 Å². The van der Waals surface area contributed by atoms with E-state index < -0.39 is 11.5 Å². The Morgan fingerprint density at radius 1 is 1.12 bits per heavy atom. The molecule has 1 atom stereocenters. The number of hydrogen-bond acceptors (Lipinski definition) is 4. The lowest BCUT2D eigenvalue weighted by Gasteiger charge is -2.15. The molecule has 166 valence electrons. The standard InChI is InChI=1S/C26H24N4O3/c1-16-13-17(2)30(26(33)22(16)14-27)15-24(31)28-20-10-7-19(8-11-20)25(32)29-23-12-9-18-5-3-4-6-21(18)23/h3-8,10-11,13,23H,9,12,15H2,1-2H3,(H,28,31)(H,29,32)/t23-/m1/s1. The number of rotatable bonds is 5. The van der Waals surface area contributed by atoms with Crippen LogP contribution in [0.1, 0.15) is 50.8 Å². The van der Waals surface area contributed by atoms with Crippen LogP contribution in [0.25, 0.3) is 0 Å². The first-order valence-corrected chi connectivity index (χ1v) is 10.8. The lowest BCUT2D eigenvalue weighted by Crippen LogP contribution is -2.31. The van der Waals surface area contributed by atoms with Crippen molar-refractivity contribution in [2.45, 2.75) is 39.3 Å². The number of nitrogens with zero attached hydrogens (tertiary/aromatic N) is 2. The van der Waals surface area contributed by atoms with Crippen molar-refractivity contribution >= 4 is 17.5 Å². The molecule has 7 nitrogen and oxygen atoms in total. The number of amides is 2. The van der Waals surface area contributed by atoms with Crippen molar-refractivity contribution in [2.75, 3.05) is 5.32 Å². The Bertz CT molecular complexity index is 1330. The van der Waals surface area contributed by atoms with Crippen molar-refractivity contribution in [2.24, 2.45) is 0 Å². The maximum atomic E-state index is 12.7. The lowest BCUT2D eigenvalue weighted by molar-refractivity contribution is -0.116. The molecular formula is C26H24N4O3. The summed E-state index contributed by atoms with van der Waals surface area (Å²) < 4.78 is 1.28. The van der Waals surface area contributed by atoms with Gasteiger partial charge in [-0.3, -0.25) is 14.4 Å². The molecular weight excluding hydrogens is 416 g/mol. The Morgan fingerprint density at radius 2 is 1.85 bits per heavy atom. The molecule has 33 heavy (non-hydrogen) atoms. The number of pyridine rings is 1. The van der Waals surface area contributed by atoms with Gasteiger partial charge in [-0.1, -0.05) is 24.3 Å². The number of aryl methyl sites for hydroxylation is 3. The summed E-state index contributed by atoms with van der Waals surface area (Å²) in [4.78, 5) is 37.7. The Morgan fingerprint density at radius 3 is 2.58 bits per heavy atom. The number of benzene rings is 2. The van der Waals surface area contributed by atoms with E-state index in [4.69, 9.17) is 0 Å². The molecule has 0 fully saturated rings. The van der Waals surface area contributed by atoms with Gasteiger partial charge in [0.05, 0.1) is 6.04 Å². The van der Waals surface area contributed by atoms with Gasteiger partial charge in [0, 0.05) is 16.9 Å². The van der Waals surface area contributed by atoms with Gasteiger partial charge in [-0.25, -0.2) is 0 Å². The Hall–Kier alpha value is -4.18. The molecule has 1 heterocycles. The molecule has 0 aliphatic heterocycles. The van der Waals surface area contributed by atoms with E-state index >= 15 is 0 Å². The van der Waals surface area contributed by atoms with Crippen LogP contribution >= 0.6 is 0 Å². The van der Waals surface area contributed by atoms with Gasteiger partial charge in [-0.15, -0.1) is 0 Å². The van der Waals surface area contributed by atoms with Crippen molar-refractivity contribution in [3.05, 3.63) is 98.5 Å². The SMILES string of the molecule is Cc1cc(C)n(CC(=O)Nc2ccc(C(=O)N[C@@H]3CCc4ccccc43)cc2)c(=O)c1C#N. The molecule has 2 amide bonds. The molecule has 0 saturated heterocycles. The van der Waals surface area contributed by atoms with Crippen LogP contribution < -0.4 is 16.2 Å². The van der Waals surface area contributed by atoms with E-state index in [0.29, 0.717) is 22.5 Å². The van der Waals surface area contributed by atoms with Crippen LogP contribution in [0.15, 0.2) is 59.4 Å². The second kappa shape index (κ2) is 9.13. The Labute approximate surface area is 191 Å². The van der Waals surface area contributed by atoms with Crippen LogP contribution in [0.5, 0.6) is 0 Å². The van der Waals surface area contributed by atoms with E-state index in [-0.39, 0.29) is 24.1 Å². The van der Waals surface area contributed by atoms with E-state index in [0.717, 1.165) is 18.4 Å². The molecule has 0 spiro atoms. The Balaban J connectivity index is 1.40. The van der Waals surface area contributed by atoms with Gasteiger partial charge in [0.2, 0.25) is 5.91 Å². The second-order valence-corrected chi connectivity index (χ2v) is 8.24. The van der Waals surface area contributed by atoms with Crippen molar-refractivity contribution in [3.63, 3.8) is 0 Å². The predicted octanol–water partition coefficient (Wildman–Crippen LogP) is 3.39. The zero-order valence-corrected chi connectivity index (χ0v) is 18.5. The highest BCUT2D eigenvalue weighted by molar-refractivity contribution is 5.96. The molecule has 0 radical (unpaired) electrons. The molecule has 0 bridgehead atoms. The highest BCUT2D eigenvalue weighted by Gasteiger charge is 2.23. The third-order valence-electron chi connectivity index (χ3n) is 5.99. The van der Waals surface area contributed by atoms with Gasteiger partial charge in [-0.05, 0) is 73.7 Å². The molecule has 1 aliphatic rings. The summed E-state index contributed by atoms with van der Waals surface area (Å²) in [5.74, 6) is -0.562. The smallest absolute Gasteiger partial charge is 0.269 e. The predicted molar refractivity (Wildman–Crippen MR) is 125 cm³/mol. The quantitative estimate of drug-likeness (QED) is 0.635. The number of fused-ring (bicyclic) bond motifs is 1. The maximum Gasteiger partial charge on any atom is 0.269 e. The minimum atomic E-state index is -0.481. The fourth-order valence-electron chi connectivity index (χ4n) is 4.26. The second-order valence-electron chi connectivity index (χ2n) is 8.24. The number of carbonyl (C=O) groups is 2. The van der Waals surface area contributed by atoms with Crippen LogP contribution in [0.3, 0.4) is 0 Å². The van der Waals surface area contributed by atoms with Crippen LogP contribution in [0.2, 0.25) is 0 Å². The minimum absolute atomic E-state index is 0.00226. The number of nitriles is 1. The van der Waals surface area contributed by atoms with E-state index in [9.17, 15) is 19.6 Å². The summed E-state index contributed by atoms with van der Waals surface area (Å²) in [6.45, 7) is 3.21. The van der Waals surface area contributed by atoms with Crippen molar-refractivity contribution in [1.82, 2.24) is 9.88 Å². The van der Waals surface area contributed by atoms with Gasteiger partial charge in [0.1, 0.15) is 18.2 Å². The van der Waals surface area contributed by atoms with Gasteiger partial charge >= 0.3 is 0 Å². The van der Waals surface area contributed by atoms with Gasteiger partial charge < -0.3 is 15.2 Å². The minimum Gasteiger partial charge on any atom is -0.345 e. The molecule has 2 aromatic carbocycles. The van der Waals surface area contributed by atoms with Crippen molar-refractivity contribution in [3.8, 4) is 6.07 Å². The molecule has 0 saturated carbocycles. The summed E-state index contributed by atoms with van der Waals surface area (Å²) in [6, 6.07) is 18.4. The molecule has 0 unspecified atom stereocenters. The van der Waals surface area contributed by atoms with E-state index in [1.54, 1.807) is 44.2 Å². The normalized spacial score (nSPS) is 14.3. The molecule has 7 heteroatoms. The van der Waals surface area contributed by atoms with E-state index in [1.807, 2.05) is 24.3 Å². The summed E-state index contributed by atoms with van der Waals surface area (Å²) >= 11 is 0. The highest BCUT2D eigenvalue weighted by atomic mass is 16.2. The molecule has 2 N–H and O–H groups in total. The molecule has 1 aromatic heterocycles. The van der Waals surface area contributed by atoms with E-state index in [1.165, 1.54) is 10.1 Å². The highest BCUT2D eigenvalue weighted by Crippen LogP contribution is 2.30. The summed E-state index contributed by atoms with van der Waals surface area (Å²) in [6.07, 6.45) is 1.83. The van der Waals surface area contributed by atoms with E-state index in [2.05, 4.69) is 16.7 Å². The monoisotopic (exact) mass is 440 g/mol. The van der Waals surface area contributed by atoms with Crippen LogP contribution in [0, 0.1) is 25.2 Å². The van der Waals surface area contributed by atoms with Gasteiger partial charge in [-0.2, -0.15) is 5.26 Å². The fourth-order valence-corrected chi connectivity index (χ4v) is 4.26. The third kappa shape index (κ3) is 4.55. The Kier molecular flexibility index (Phi) is 6.09. The fraction of sp³-hybridized carbons (Fsp3) is 0.231. The van der Waals surface area contributed by atoms with Crippen LogP contribution in [-0.2, 0) is 17.8 Å². The lowest BCUT2D eigenvalue weighted by atomic mass is 10.1. The summed E-state index contributed by atoms with van der Waals surface area (Å²) in [5.41, 5.74) is 4.20. The molecule has 4 rings (SSSR count). The molecule has 1 aliphatic carbocycles. The number of anilines is 1. The number of hydrogen-bond donors (Lipinski definition) is 2. The largest absolute Gasteiger partial charge is 0.345 e. The number of carbonyl (C=O) groups excluding carboxylic acids is 2. The topological polar surface area (TPSA) is 104 Å². The first-order valence-electron chi connectivity index (χ1n) is 10.8. The summed E-state index contributed by atoms with van der Waals surface area (Å²) in [5, 5.41) is 15.0.